The number of aromatic carboxylic acids is 1. The molecule has 2 atom stereocenters. The fourth-order valence-electron chi connectivity index (χ4n) is 5.71. The normalized spacial score (nSPS) is 16.2. The van der Waals surface area contributed by atoms with Gasteiger partial charge in [-0.2, -0.15) is 0 Å². The number of aryl methyl sites for hydroxylation is 1. The van der Waals surface area contributed by atoms with Crippen molar-refractivity contribution in [3.05, 3.63) is 131 Å². The maximum atomic E-state index is 12.1. The lowest BCUT2D eigenvalue weighted by Gasteiger charge is -2.28. The lowest BCUT2D eigenvalue weighted by Crippen LogP contribution is -2.29. The van der Waals surface area contributed by atoms with E-state index >= 15 is 0 Å². The van der Waals surface area contributed by atoms with Crippen LogP contribution in [-0.2, 0) is 0 Å². The molecule has 2 N–H and O–H groups in total. The van der Waals surface area contributed by atoms with Crippen molar-refractivity contribution < 1.29 is 19.4 Å². The van der Waals surface area contributed by atoms with Crippen LogP contribution in [0.2, 0.25) is 0 Å². The van der Waals surface area contributed by atoms with E-state index in [1.807, 2.05) is 97.3 Å². The minimum atomic E-state index is -0.974. The molecule has 2 aromatic heterocycles. The van der Waals surface area contributed by atoms with Crippen molar-refractivity contribution >= 4 is 29.0 Å². The first-order valence-corrected chi connectivity index (χ1v) is 14.2. The molecular formula is C34H30N4O4S. The van der Waals surface area contributed by atoms with Gasteiger partial charge in [0.2, 0.25) is 0 Å². The summed E-state index contributed by atoms with van der Waals surface area (Å²) < 4.78 is 13.3. The summed E-state index contributed by atoms with van der Waals surface area (Å²) in [6.07, 6.45) is 1.78. The Hall–Kier alpha value is -5.15. The van der Waals surface area contributed by atoms with Crippen LogP contribution in [0.3, 0.4) is 0 Å². The molecule has 0 unspecified atom stereocenters. The van der Waals surface area contributed by atoms with Crippen molar-refractivity contribution in [1.82, 2.24) is 14.9 Å². The first-order valence-electron chi connectivity index (χ1n) is 13.8. The van der Waals surface area contributed by atoms with E-state index in [2.05, 4.69) is 21.3 Å². The molecule has 1 fully saturated rings. The van der Waals surface area contributed by atoms with Gasteiger partial charge in [0.05, 0.1) is 36.1 Å². The fraction of sp³-hybridized carbons (Fsp3) is 0.147. The van der Waals surface area contributed by atoms with Crippen molar-refractivity contribution in [2.45, 2.75) is 25.9 Å². The lowest BCUT2D eigenvalue weighted by atomic mass is 9.96. The number of pyridine rings is 1. The Balaban J connectivity index is 1.41. The van der Waals surface area contributed by atoms with Crippen LogP contribution in [-0.4, -0.2) is 32.8 Å². The molecule has 5 aromatic rings. The zero-order valence-electron chi connectivity index (χ0n) is 23.9. The van der Waals surface area contributed by atoms with Gasteiger partial charge in [0.25, 0.3) is 0 Å². The van der Waals surface area contributed by atoms with Gasteiger partial charge in [-0.05, 0) is 110 Å². The van der Waals surface area contributed by atoms with Crippen LogP contribution in [0.4, 0.5) is 5.69 Å². The number of hydrogen-bond acceptors (Lipinski definition) is 5. The molecule has 216 valence electrons. The van der Waals surface area contributed by atoms with Crippen molar-refractivity contribution in [2.24, 2.45) is 0 Å². The molecule has 0 saturated carbocycles. The third kappa shape index (κ3) is 5.30. The number of anilines is 1. The van der Waals surface area contributed by atoms with Gasteiger partial charge < -0.3 is 29.4 Å². The topological polar surface area (TPSA) is 88.9 Å². The predicted octanol–water partition coefficient (Wildman–Crippen LogP) is 7.17. The Morgan fingerprint density at radius 2 is 1.56 bits per heavy atom. The van der Waals surface area contributed by atoms with Gasteiger partial charge in [0.1, 0.15) is 17.2 Å². The van der Waals surface area contributed by atoms with Gasteiger partial charge in [-0.3, -0.25) is 4.98 Å². The molecule has 0 aliphatic carbocycles. The number of carbonyl (C=O) groups is 1. The molecule has 0 amide bonds. The van der Waals surface area contributed by atoms with E-state index < -0.39 is 5.97 Å². The van der Waals surface area contributed by atoms with Gasteiger partial charge in [-0.15, -0.1) is 0 Å². The third-order valence-corrected chi connectivity index (χ3v) is 7.99. The molecule has 0 spiro atoms. The Kier molecular flexibility index (Phi) is 7.56. The second kappa shape index (κ2) is 11.6. The lowest BCUT2D eigenvalue weighted by molar-refractivity contribution is 0.0697. The number of rotatable bonds is 8. The maximum absolute atomic E-state index is 12.1. The molecular weight excluding hydrogens is 560 g/mol. The standard InChI is InChI=1S/C34H30N4O4S/c1-21-20-28(22(2)37(21)30-10-5-4-8-27(30)33(39)40)32-31(29-9-6-7-19-35-29)36-34(43)38(32)23-11-13-25(14-12-23)42-26-17-15-24(41-3)16-18-26/h4-20,31-32H,1-3H3,(H,36,43)(H,39,40)/t31-,32+/m0/s1. The Morgan fingerprint density at radius 1 is 0.907 bits per heavy atom. The van der Waals surface area contributed by atoms with E-state index in [1.54, 1.807) is 25.4 Å². The molecule has 0 radical (unpaired) electrons. The van der Waals surface area contributed by atoms with Crippen LogP contribution in [0, 0.1) is 13.8 Å². The van der Waals surface area contributed by atoms with Crippen LogP contribution in [0.5, 0.6) is 17.2 Å². The largest absolute Gasteiger partial charge is 0.497 e. The van der Waals surface area contributed by atoms with Gasteiger partial charge in [0.15, 0.2) is 5.11 Å². The first kappa shape index (κ1) is 28.0. The fourth-order valence-corrected chi connectivity index (χ4v) is 6.06. The highest BCUT2D eigenvalue weighted by Gasteiger charge is 2.42. The Morgan fingerprint density at radius 3 is 2.21 bits per heavy atom. The maximum Gasteiger partial charge on any atom is 0.337 e. The summed E-state index contributed by atoms with van der Waals surface area (Å²) in [5.74, 6) is 1.18. The molecule has 8 nitrogen and oxygen atoms in total. The number of methoxy groups -OCH3 is 1. The quantitative estimate of drug-likeness (QED) is 0.184. The molecule has 1 aliphatic heterocycles. The number of para-hydroxylation sites is 1. The summed E-state index contributed by atoms with van der Waals surface area (Å²) in [5, 5.41) is 14.0. The van der Waals surface area contributed by atoms with E-state index in [0.717, 1.165) is 34.1 Å². The second-order valence-electron chi connectivity index (χ2n) is 10.3. The summed E-state index contributed by atoms with van der Waals surface area (Å²) >= 11 is 5.93. The van der Waals surface area contributed by atoms with E-state index in [9.17, 15) is 9.90 Å². The van der Waals surface area contributed by atoms with Crippen LogP contribution >= 0.6 is 12.2 Å². The highest BCUT2D eigenvalue weighted by molar-refractivity contribution is 7.80. The summed E-state index contributed by atoms with van der Waals surface area (Å²) in [4.78, 5) is 18.9. The Bertz CT molecular complexity index is 1790. The predicted molar refractivity (Wildman–Crippen MR) is 170 cm³/mol. The summed E-state index contributed by atoms with van der Waals surface area (Å²) in [6, 6.07) is 29.7. The summed E-state index contributed by atoms with van der Waals surface area (Å²) in [7, 11) is 1.63. The van der Waals surface area contributed by atoms with Gasteiger partial charge >= 0.3 is 5.97 Å². The first-order chi connectivity index (χ1) is 20.9. The average molecular weight is 591 g/mol. The van der Waals surface area contributed by atoms with Crippen molar-refractivity contribution in [2.75, 3.05) is 12.0 Å². The second-order valence-corrected chi connectivity index (χ2v) is 10.6. The van der Waals surface area contributed by atoms with E-state index in [-0.39, 0.29) is 17.6 Å². The highest BCUT2D eigenvalue weighted by atomic mass is 32.1. The molecule has 0 bridgehead atoms. The number of nitrogens with one attached hydrogen (secondary N) is 1. The van der Waals surface area contributed by atoms with E-state index in [1.165, 1.54) is 0 Å². The number of carboxylic acid groups (broad SMARTS) is 1. The zero-order chi connectivity index (χ0) is 30.1. The minimum Gasteiger partial charge on any atom is -0.497 e. The molecule has 1 aliphatic rings. The van der Waals surface area contributed by atoms with Gasteiger partial charge in [-0.25, -0.2) is 4.79 Å². The number of benzene rings is 3. The molecule has 6 rings (SSSR count). The van der Waals surface area contributed by atoms with Crippen molar-refractivity contribution in [1.29, 1.82) is 0 Å². The van der Waals surface area contributed by atoms with Crippen LogP contribution in [0.25, 0.3) is 5.69 Å². The number of thiocarbonyl (C=S) groups is 1. The minimum absolute atomic E-state index is 0.237. The zero-order valence-corrected chi connectivity index (χ0v) is 24.7. The van der Waals surface area contributed by atoms with Crippen LogP contribution in [0.15, 0.2) is 103 Å². The SMILES string of the molecule is COc1ccc(Oc2ccc(N3C(=S)N[C@@H](c4ccccn4)[C@H]3c3cc(C)n(-c4ccccc4C(=O)O)c3C)cc2)cc1. The van der Waals surface area contributed by atoms with Gasteiger partial charge in [0, 0.05) is 23.3 Å². The highest BCUT2D eigenvalue weighted by Crippen LogP contribution is 2.44. The molecule has 43 heavy (non-hydrogen) atoms. The smallest absolute Gasteiger partial charge is 0.337 e. The van der Waals surface area contributed by atoms with Crippen LogP contribution < -0.4 is 19.7 Å². The third-order valence-electron chi connectivity index (χ3n) is 7.67. The summed E-state index contributed by atoms with van der Waals surface area (Å²) in [5.41, 5.74) is 5.45. The van der Waals surface area contributed by atoms with Crippen molar-refractivity contribution in [3.63, 3.8) is 0 Å². The van der Waals surface area contributed by atoms with E-state index in [4.69, 9.17) is 21.7 Å². The summed E-state index contributed by atoms with van der Waals surface area (Å²) in [6.45, 7) is 4.00. The Labute approximate surface area is 255 Å². The van der Waals surface area contributed by atoms with Crippen LogP contribution in [0.1, 0.15) is 45.1 Å². The number of carboxylic acids is 1. The number of nitrogens with zero attached hydrogens (tertiary/aromatic N) is 3. The number of ether oxygens (including phenoxy) is 2. The monoisotopic (exact) mass is 590 g/mol. The average Bonchev–Trinajstić information content (AvgIpc) is 3.52. The van der Waals surface area contributed by atoms with Crippen molar-refractivity contribution in [3.8, 4) is 22.9 Å². The molecule has 1 saturated heterocycles. The molecule has 3 aromatic carbocycles. The number of aromatic nitrogens is 2. The molecule has 3 heterocycles. The molecule has 9 heteroatoms. The van der Waals surface area contributed by atoms with E-state index in [0.29, 0.717) is 22.3 Å². The number of hydrogen-bond donors (Lipinski definition) is 2. The van der Waals surface area contributed by atoms with Gasteiger partial charge in [-0.1, -0.05) is 18.2 Å².